The van der Waals surface area contributed by atoms with Gasteiger partial charge < -0.3 is 15.4 Å². The molecule has 2 N–H and O–H groups in total. The first kappa shape index (κ1) is 33.8. The average Bonchev–Trinajstić information content (AvgIpc) is 3.31. The minimum Gasteiger partial charge on any atom is -0.496 e. The van der Waals surface area contributed by atoms with Crippen molar-refractivity contribution in [3.05, 3.63) is 23.0 Å². The third-order valence-electron chi connectivity index (χ3n) is 8.32. The fourth-order valence-electron chi connectivity index (χ4n) is 5.75. The fraction of sp³-hybridized carbons (Fsp3) is 0.679. The van der Waals surface area contributed by atoms with E-state index in [1.807, 2.05) is 6.92 Å². The molecule has 0 unspecified atom stereocenters. The summed E-state index contributed by atoms with van der Waals surface area (Å²) in [4.78, 5) is 17.5. The Balaban J connectivity index is 0.00000155. The molecule has 9 nitrogen and oxygen atoms in total. The first-order valence-electron chi connectivity index (χ1n) is 14.3. The molecule has 2 aliphatic rings. The number of carbonyl (C=O) groups is 1. The zero-order valence-electron chi connectivity index (χ0n) is 24.1. The monoisotopic (exact) mass is 633 g/mol. The highest BCUT2D eigenvalue weighted by Crippen LogP contribution is 2.40. The molecule has 2 aromatic rings. The number of aromatic nitrogens is 3. The number of methoxy groups -OCH3 is 1. The lowest BCUT2D eigenvalue weighted by atomic mass is 9.81. The Morgan fingerprint density at radius 3 is 2.26 bits per heavy atom. The molecule has 234 valence electrons. The van der Waals surface area contributed by atoms with E-state index in [9.17, 15) is 18.0 Å². The molecule has 2 fully saturated rings. The van der Waals surface area contributed by atoms with Gasteiger partial charge in [0.2, 0.25) is 0 Å². The van der Waals surface area contributed by atoms with Crippen molar-refractivity contribution in [3.8, 4) is 17.0 Å². The second kappa shape index (κ2) is 15.7. The van der Waals surface area contributed by atoms with E-state index in [2.05, 4.69) is 27.6 Å². The number of hydrogen-bond donors (Lipinski definition) is 2. The summed E-state index contributed by atoms with van der Waals surface area (Å²) in [7, 11) is 1.54. The van der Waals surface area contributed by atoms with Gasteiger partial charge in [-0.15, -0.1) is 0 Å². The molecule has 2 saturated carbocycles. The Labute approximate surface area is 252 Å². The van der Waals surface area contributed by atoms with Crippen LogP contribution in [0, 0.1) is 23.7 Å². The number of carbonyl (C=O) groups excluding carboxylic acids is 1. The van der Waals surface area contributed by atoms with Crippen molar-refractivity contribution in [3.63, 3.8) is 0 Å². The van der Waals surface area contributed by atoms with Crippen molar-refractivity contribution < 1.29 is 31.1 Å². The normalized spacial score (nSPS) is 22.5. The van der Waals surface area contributed by atoms with Crippen LogP contribution < -0.4 is 15.4 Å². The Kier molecular flexibility index (Phi) is 12.6. The number of halogens is 4. The molecule has 2 heterocycles. The van der Waals surface area contributed by atoms with Crippen molar-refractivity contribution in [2.75, 3.05) is 25.5 Å². The van der Waals surface area contributed by atoms with Crippen LogP contribution in [-0.4, -0.2) is 55.5 Å². The first-order valence-corrected chi connectivity index (χ1v) is 15.4. The lowest BCUT2D eigenvalue weighted by Gasteiger charge is -2.30. The maximum atomic E-state index is 13.0. The van der Waals surface area contributed by atoms with Crippen molar-refractivity contribution in [1.82, 2.24) is 20.1 Å². The van der Waals surface area contributed by atoms with Gasteiger partial charge in [-0.2, -0.15) is 26.7 Å². The second-order valence-corrected chi connectivity index (χ2v) is 11.7. The van der Waals surface area contributed by atoms with Crippen molar-refractivity contribution in [1.29, 1.82) is 0 Å². The van der Waals surface area contributed by atoms with Gasteiger partial charge in [-0.05, 0) is 63.2 Å². The summed E-state index contributed by atoms with van der Waals surface area (Å²) >= 11 is 5.98. The van der Waals surface area contributed by atoms with Gasteiger partial charge in [-0.1, -0.05) is 31.4 Å². The van der Waals surface area contributed by atoms with Crippen LogP contribution in [0.5, 0.6) is 5.75 Å². The highest BCUT2D eigenvalue weighted by molar-refractivity contribution is 7.51. The third-order valence-corrected chi connectivity index (χ3v) is 8.68. The minimum atomic E-state index is -4.11. The summed E-state index contributed by atoms with van der Waals surface area (Å²) in [6, 6.07) is 1.74. The van der Waals surface area contributed by atoms with E-state index in [-0.39, 0.29) is 35.4 Å². The van der Waals surface area contributed by atoms with E-state index in [4.69, 9.17) is 24.8 Å². The molecule has 0 radical (unpaired) electrons. The number of hydrogen-bond acceptors (Lipinski definition) is 7. The summed E-state index contributed by atoms with van der Waals surface area (Å²) in [5.41, 5.74) is 1.34. The number of ether oxygens (including phenoxy) is 1. The summed E-state index contributed by atoms with van der Waals surface area (Å²) in [5, 5.41) is 11.0. The van der Waals surface area contributed by atoms with Crippen LogP contribution in [0.4, 0.5) is 19.0 Å². The third kappa shape index (κ3) is 8.92. The van der Waals surface area contributed by atoms with Crippen LogP contribution in [0.2, 0.25) is 5.02 Å². The Morgan fingerprint density at radius 2 is 1.69 bits per heavy atom. The van der Waals surface area contributed by atoms with E-state index in [0.29, 0.717) is 61.2 Å². The summed E-state index contributed by atoms with van der Waals surface area (Å²) in [5.74, 6) is 0.962. The lowest BCUT2D eigenvalue weighted by molar-refractivity contribution is -0.183. The number of amides is 1. The number of alkyl halides is 3. The quantitative estimate of drug-likeness (QED) is 0.333. The number of nitrogens with one attached hydrogen (secondary N) is 2. The van der Waals surface area contributed by atoms with Gasteiger partial charge >= 0.3 is 17.7 Å². The molecule has 2 aromatic heterocycles. The molecule has 1 amide bonds. The number of rotatable bonds is 9. The predicted octanol–water partition coefficient (Wildman–Crippen LogP) is 6.29. The van der Waals surface area contributed by atoms with Crippen LogP contribution in [0.3, 0.4) is 0 Å². The van der Waals surface area contributed by atoms with Crippen LogP contribution in [0.1, 0.15) is 75.7 Å². The van der Waals surface area contributed by atoms with Gasteiger partial charge in [0.25, 0.3) is 5.91 Å². The van der Waals surface area contributed by atoms with Crippen LogP contribution in [-0.2, 0) is 18.1 Å². The highest BCUT2D eigenvalue weighted by atomic mass is 35.5. The zero-order valence-corrected chi connectivity index (χ0v) is 25.7. The Hall–Kier alpha value is -2.67. The maximum absolute atomic E-state index is 13.0. The minimum absolute atomic E-state index is 0.158. The molecule has 0 spiro atoms. The van der Waals surface area contributed by atoms with Gasteiger partial charge in [-0.25, -0.2) is 4.98 Å². The Bertz CT molecular complexity index is 1220. The van der Waals surface area contributed by atoms with E-state index in [0.717, 1.165) is 18.8 Å². The molecule has 0 bridgehead atoms. The van der Waals surface area contributed by atoms with Gasteiger partial charge in [0, 0.05) is 31.9 Å². The van der Waals surface area contributed by atoms with Crippen LogP contribution in [0.25, 0.3) is 11.3 Å². The standard InChI is InChI=1S/C28H39ClF3N5O2.O2S/c1-4-37-26(24(29)25(36-37)27(38)35-15-18-7-5-17(2)6-8-18)21-16-34-23(13-22(21)39-3)33-14-19-9-11-20(12-10-19)28(30,31)32;1-3-2/h13,16-20H,4-12,14-15H2,1-3H3,(H,33,34)(H,35,38);. The number of pyridine rings is 1. The van der Waals surface area contributed by atoms with Crippen LogP contribution >= 0.6 is 11.6 Å². The highest BCUT2D eigenvalue weighted by Gasteiger charge is 2.41. The molecule has 0 aromatic carbocycles. The molecule has 0 aliphatic heterocycles. The van der Waals surface area contributed by atoms with Crippen molar-refractivity contribution in [2.45, 2.75) is 77.9 Å². The smallest absolute Gasteiger partial charge is 0.391 e. The van der Waals surface area contributed by atoms with Crippen molar-refractivity contribution >= 4 is 34.9 Å². The molecule has 4 rings (SSSR count). The molecular formula is C28H39ClF3N5O4S. The van der Waals surface area contributed by atoms with E-state index in [1.165, 1.54) is 12.8 Å². The van der Waals surface area contributed by atoms with E-state index >= 15 is 0 Å². The molecule has 42 heavy (non-hydrogen) atoms. The predicted molar refractivity (Wildman–Crippen MR) is 155 cm³/mol. The van der Waals surface area contributed by atoms with Crippen molar-refractivity contribution in [2.24, 2.45) is 23.7 Å². The second-order valence-electron chi connectivity index (χ2n) is 11.1. The lowest BCUT2D eigenvalue weighted by Crippen LogP contribution is -2.31. The van der Waals surface area contributed by atoms with Crippen LogP contribution in [0.15, 0.2) is 12.3 Å². The number of anilines is 1. The molecule has 0 atom stereocenters. The number of aryl methyl sites for hydroxylation is 1. The first-order chi connectivity index (χ1) is 20.0. The topological polar surface area (TPSA) is 115 Å². The molecule has 0 saturated heterocycles. The van der Waals surface area contributed by atoms with Gasteiger partial charge in [0.05, 0.1) is 29.3 Å². The van der Waals surface area contributed by atoms with Gasteiger partial charge in [0.1, 0.15) is 11.6 Å². The fourth-order valence-corrected chi connectivity index (χ4v) is 6.07. The summed E-state index contributed by atoms with van der Waals surface area (Å²) in [6.45, 7) is 5.83. The molecule has 14 heteroatoms. The SMILES string of the molecule is CCn1nc(C(=O)NCC2CCC(C)CC2)c(Cl)c1-c1cnc(NCC2CCC(C(F)(F)F)CC2)cc1OC.O=S=O. The maximum Gasteiger partial charge on any atom is 0.391 e. The number of nitrogens with zero attached hydrogens (tertiary/aromatic N) is 3. The molecular weight excluding hydrogens is 595 g/mol. The average molecular weight is 634 g/mol. The van der Waals surface area contributed by atoms with E-state index < -0.39 is 23.7 Å². The van der Waals surface area contributed by atoms with Gasteiger partial charge in [-0.3, -0.25) is 9.48 Å². The van der Waals surface area contributed by atoms with Gasteiger partial charge in [0.15, 0.2) is 5.69 Å². The Morgan fingerprint density at radius 1 is 1.10 bits per heavy atom. The largest absolute Gasteiger partial charge is 0.496 e. The zero-order chi connectivity index (χ0) is 30.9. The summed E-state index contributed by atoms with van der Waals surface area (Å²) < 4.78 is 62.8. The van der Waals surface area contributed by atoms with E-state index in [1.54, 1.807) is 24.1 Å². The summed E-state index contributed by atoms with van der Waals surface area (Å²) in [6.07, 6.45) is 3.52. The molecule has 2 aliphatic carbocycles.